The zero-order valence-electron chi connectivity index (χ0n) is 12.9. The van der Waals surface area contributed by atoms with Crippen molar-refractivity contribution >= 4 is 21.9 Å². The van der Waals surface area contributed by atoms with E-state index in [-0.39, 0.29) is 5.97 Å². The first-order valence-corrected chi connectivity index (χ1v) is 7.54. The molecule has 0 aliphatic heterocycles. The van der Waals surface area contributed by atoms with Gasteiger partial charge in [-0.3, -0.25) is 9.69 Å². The molecule has 0 N–H and O–H groups in total. The molecule has 1 aromatic carbocycles. The molecule has 0 fully saturated rings. The number of carbonyl (C=O) groups excluding carboxylic acids is 1. The first kappa shape index (κ1) is 17.8. The van der Waals surface area contributed by atoms with Gasteiger partial charge < -0.3 is 14.2 Å². The predicted molar refractivity (Wildman–Crippen MR) is 84.8 cm³/mol. The molecule has 1 aromatic rings. The number of halogens is 1. The van der Waals surface area contributed by atoms with Crippen molar-refractivity contribution in [1.29, 1.82) is 0 Å². The number of hydrogen-bond donors (Lipinski definition) is 0. The molecule has 0 unspecified atom stereocenters. The van der Waals surface area contributed by atoms with Crippen LogP contribution in [0.3, 0.4) is 0 Å². The van der Waals surface area contributed by atoms with Gasteiger partial charge in [0.1, 0.15) is 11.5 Å². The van der Waals surface area contributed by atoms with Crippen LogP contribution >= 0.6 is 15.9 Å². The van der Waals surface area contributed by atoms with Gasteiger partial charge in [-0.15, -0.1) is 0 Å². The SMILES string of the molecule is CCN(CCC(=O)OC)Cc1cc(OC)c(Br)cc1OC. The Labute approximate surface area is 134 Å². The van der Waals surface area contributed by atoms with Crippen molar-refractivity contribution in [3.63, 3.8) is 0 Å². The predicted octanol–water partition coefficient (Wildman–Crippen LogP) is 2.85. The molecule has 0 saturated heterocycles. The van der Waals surface area contributed by atoms with E-state index in [2.05, 4.69) is 32.5 Å². The fourth-order valence-corrected chi connectivity index (χ4v) is 2.47. The van der Waals surface area contributed by atoms with Crippen LogP contribution in [0.1, 0.15) is 18.9 Å². The van der Waals surface area contributed by atoms with Gasteiger partial charge in [-0.1, -0.05) is 6.92 Å². The topological polar surface area (TPSA) is 48.0 Å². The van der Waals surface area contributed by atoms with Crippen molar-refractivity contribution in [3.8, 4) is 11.5 Å². The lowest BCUT2D eigenvalue weighted by Gasteiger charge is -2.22. The third kappa shape index (κ3) is 5.21. The van der Waals surface area contributed by atoms with E-state index in [1.807, 2.05) is 12.1 Å². The Morgan fingerprint density at radius 3 is 2.38 bits per heavy atom. The number of nitrogens with zero attached hydrogens (tertiary/aromatic N) is 1. The number of rotatable bonds is 8. The minimum absolute atomic E-state index is 0.200. The quantitative estimate of drug-likeness (QED) is 0.668. The highest BCUT2D eigenvalue weighted by molar-refractivity contribution is 9.10. The summed E-state index contributed by atoms with van der Waals surface area (Å²) in [5.41, 5.74) is 1.02. The Hall–Kier alpha value is -1.27. The molecule has 0 aliphatic carbocycles. The highest BCUT2D eigenvalue weighted by Crippen LogP contribution is 2.33. The normalized spacial score (nSPS) is 10.6. The Morgan fingerprint density at radius 2 is 1.86 bits per heavy atom. The summed E-state index contributed by atoms with van der Waals surface area (Å²) in [5, 5.41) is 0. The first-order valence-electron chi connectivity index (χ1n) is 6.75. The van der Waals surface area contributed by atoms with E-state index < -0.39 is 0 Å². The van der Waals surface area contributed by atoms with E-state index in [0.717, 1.165) is 28.1 Å². The third-order valence-corrected chi connectivity index (χ3v) is 3.88. The monoisotopic (exact) mass is 359 g/mol. The lowest BCUT2D eigenvalue weighted by atomic mass is 10.1. The van der Waals surface area contributed by atoms with Crippen molar-refractivity contribution in [2.45, 2.75) is 19.9 Å². The second kappa shape index (κ2) is 8.89. The van der Waals surface area contributed by atoms with Crippen LogP contribution in [0.25, 0.3) is 0 Å². The Kier molecular flexibility index (Phi) is 7.53. The maximum Gasteiger partial charge on any atom is 0.306 e. The number of carbonyl (C=O) groups is 1. The molecule has 6 heteroatoms. The van der Waals surface area contributed by atoms with E-state index >= 15 is 0 Å². The van der Waals surface area contributed by atoms with Crippen molar-refractivity contribution < 1.29 is 19.0 Å². The number of esters is 1. The molecule has 0 aromatic heterocycles. The van der Waals surface area contributed by atoms with Crippen LogP contribution in [0.5, 0.6) is 11.5 Å². The standard InChI is InChI=1S/C15H22BrNO4/c1-5-17(7-6-15(18)21-4)10-11-8-14(20-3)12(16)9-13(11)19-2/h8-9H,5-7,10H2,1-4H3. The Balaban J connectivity index is 2.85. The molecule has 5 nitrogen and oxygen atoms in total. The van der Waals surface area contributed by atoms with Crippen molar-refractivity contribution in [2.24, 2.45) is 0 Å². The molecule has 21 heavy (non-hydrogen) atoms. The smallest absolute Gasteiger partial charge is 0.306 e. The second-order valence-electron chi connectivity index (χ2n) is 4.49. The zero-order valence-corrected chi connectivity index (χ0v) is 14.5. The van der Waals surface area contributed by atoms with E-state index in [1.165, 1.54) is 7.11 Å². The molecular weight excluding hydrogens is 338 g/mol. The Bertz CT molecular complexity index is 479. The molecular formula is C15H22BrNO4. The van der Waals surface area contributed by atoms with Gasteiger partial charge in [0.15, 0.2) is 0 Å². The molecule has 0 aliphatic rings. The molecule has 1 rings (SSSR count). The fourth-order valence-electron chi connectivity index (χ4n) is 1.99. The molecule has 0 spiro atoms. The Morgan fingerprint density at radius 1 is 1.19 bits per heavy atom. The summed E-state index contributed by atoms with van der Waals surface area (Å²) in [5.74, 6) is 1.35. The molecule has 118 valence electrons. The minimum atomic E-state index is -0.200. The molecule has 0 radical (unpaired) electrons. The van der Waals surface area contributed by atoms with E-state index in [9.17, 15) is 4.79 Å². The highest BCUT2D eigenvalue weighted by atomic mass is 79.9. The van der Waals surface area contributed by atoms with Crippen LogP contribution in [0.4, 0.5) is 0 Å². The zero-order chi connectivity index (χ0) is 15.8. The molecule has 0 saturated carbocycles. The summed E-state index contributed by atoms with van der Waals surface area (Å²) in [6, 6.07) is 3.84. The third-order valence-electron chi connectivity index (χ3n) is 3.26. The minimum Gasteiger partial charge on any atom is -0.496 e. The average molecular weight is 360 g/mol. The summed E-state index contributed by atoms with van der Waals surface area (Å²) in [6.07, 6.45) is 0.375. The number of methoxy groups -OCH3 is 3. The number of hydrogen-bond acceptors (Lipinski definition) is 5. The number of benzene rings is 1. The van der Waals surface area contributed by atoms with Gasteiger partial charge >= 0.3 is 5.97 Å². The summed E-state index contributed by atoms with van der Waals surface area (Å²) < 4.78 is 16.3. The van der Waals surface area contributed by atoms with Gasteiger partial charge in [0.05, 0.1) is 32.2 Å². The van der Waals surface area contributed by atoms with Crippen LogP contribution in [0, 0.1) is 0 Å². The van der Waals surface area contributed by atoms with Gasteiger partial charge in [0.25, 0.3) is 0 Å². The van der Waals surface area contributed by atoms with Gasteiger partial charge in [-0.2, -0.15) is 0 Å². The first-order chi connectivity index (χ1) is 10.0. The van der Waals surface area contributed by atoms with Gasteiger partial charge in [-0.25, -0.2) is 0 Å². The van der Waals surface area contributed by atoms with E-state index in [1.54, 1.807) is 14.2 Å². The van der Waals surface area contributed by atoms with Crippen LogP contribution in [-0.4, -0.2) is 45.3 Å². The van der Waals surface area contributed by atoms with Crippen LogP contribution < -0.4 is 9.47 Å². The highest BCUT2D eigenvalue weighted by Gasteiger charge is 2.13. The average Bonchev–Trinajstić information content (AvgIpc) is 2.51. The van der Waals surface area contributed by atoms with E-state index in [0.29, 0.717) is 19.5 Å². The molecule has 0 amide bonds. The molecule has 0 heterocycles. The summed E-state index contributed by atoms with van der Waals surface area (Å²) in [6.45, 7) is 4.21. The maximum absolute atomic E-state index is 11.3. The summed E-state index contributed by atoms with van der Waals surface area (Å²) >= 11 is 3.44. The van der Waals surface area contributed by atoms with Gasteiger partial charge in [-0.05, 0) is 34.6 Å². The lowest BCUT2D eigenvalue weighted by Crippen LogP contribution is -2.26. The van der Waals surface area contributed by atoms with Crippen molar-refractivity contribution in [2.75, 3.05) is 34.4 Å². The number of ether oxygens (including phenoxy) is 3. The van der Waals surface area contributed by atoms with Crippen molar-refractivity contribution in [3.05, 3.63) is 22.2 Å². The summed E-state index contributed by atoms with van der Waals surface area (Å²) in [7, 11) is 4.68. The van der Waals surface area contributed by atoms with Crippen LogP contribution in [0.2, 0.25) is 0 Å². The van der Waals surface area contributed by atoms with Crippen molar-refractivity contribution in [1.82, 2.24) is 4.90 Å². The lowest BCUT2D eigenvalue weighted by molar-refractivity contribution is -0.141. The molecule has 0 atom stereocenters. The van der Waals surface area contributed by atoms with Crippen LogP contribution in [0.15, 0.2) is 16.6 Å². The second-order valence-corrected chi connectivity index (χ2v) is 5.35. The van der Waals surface area contributed by atoms with Gasteiger partial charge in [0.2, 0.25) is 0 Å². The van der Waals surface area contributed by atoms with Gasteiger partial charge in [0, 0.05) is 18.7 Å². The van der Waals surface area contributed by atoms with Crippen LogP contribution in [-0.2, 0) is 16.1 Å². The molecule has 0 bridgehead atoms. The maximum atomic E-state index is 11.3. The summed E-state index contributed by atoms with van der Waals surface area (Å²) in [4.78, 5) is 13.4. The van der Waals surface area contributed by atoms with E-state index in [4.69, 9.17) is 9.47 Å². The largest absolute Gasteiger partial charge is 0.496 e. The fraction of sp³-hybridized carbons (Fsp3) is 0.533.